The van der Waals surface area contributed by atoms with Crippen LogP contribution >= 0.6 is 0 Å². The fourth-order valence-electron chi connectivity index (χ4n) is 0.605. The molecule has 0 radical (unpaired) electrons. The highest BCUT2D eigenvalue weighted by Gasteiger charge is 2.03. The van der Waals surface area contributed by atoms with E-state index in [1.54, 1.807) is 0 Å². The Balaban J connectivity index is 2.69. The number of nitrogens with one attached hydrogen (secondary N) is 1. The fraction of sp³-hybridized carbons (Fsp3) is 0.333. The zero-order chi connectivity index (χ0) is 8.97. The standard InChI is InChI=1S/C6H8N2O4/c9-3-5(10)12-4-1-2-7-6(11)8-4/h1-2,5,9-10H,3H2,(H,7,8,11). The van der Waals surface area contributed by atoms with Crippen LogP contribution in [0.1, 0.15) is 0 Å². The lowest BCUT2D eigenvalue weighted by Gasteiger charge is -2.08. The van der Waals surface area contributed by atoms with Crippen molar-refractivity contribution in [2.45, 2.75) is 6.29 Å². The average Bonchev–Trinajstić information content (AvgIpc) is 2.04. The third-order valence-electron chi connectivity index (χ3n) is 1.07. The van der Waals surface area contributed by atoms with Crippen LogP contribution in [-0.2, 0) is 0 Å². The summed E-state index contributed by atoms with van der Waals surface area (Å²) >= 11 is 0. The van der Waals surface area contributed by atoms with E-state index in [2.05, 4.69) is 14.7 Å². The van der Waals surface area contributed by atoms with Crippen molar-refractivity contribution >= 4 is 0 Å². The van der Waals surface area contributed by atoms with Crippen LogP contribution < -0.4 is 10.4 Å². The maximum absolute atomic E-state index is 10.6. The highest BCUT2D eigenvalue weighted by atomic mass is 16.6. The molecule has 0 amide bonds. The van der Waals surface area contributed by atoms with E-state index in [-0.39, 0.29) is 5.88 Å². The smallest absolute Gasteiger partial charge is 0.347 e. The number of ether oxygens (including phenoxy) is 1. The zero-order valence-electron chi connectivity index (χ0n) is 6.10. The molecule has 66 valence electrons. The van der Waals surface area contributed by atoms with Crippen molar-refractivity contribution in [3.05, 3.63) is 22.7 Å². The summed E-state index contributed by atoms with van der Waals surface area (Å²) in [5.41, 5.74) is -0.572. The molecule has 12 heavy (non-hydrogen) atoms. The van der Waals surface area contributed by atoms with Gasteiger partial charge >= 0.3 is 5.69 Å². The molecule has 1 heterocycles. The van der Waals surface area contributed by atoms with Crippen LogP contribution in [0.15, 0.2) is 17.1 Å². The van der Waals surface area contributed by atoms with Crippen LogP contribution in [0, 0.1) is 0 Å². The van der Waals surface area contributed by atoms with Crippen molar-refractivity contribution in [3.8, 4) is 5.88 Å². The monoisotopic (exact) mass is 172 g/mol. The van der Waals surface area contributed by atoms with Crippen LogP contribution in [-0.4, -0.2) is 33.1 Å². The molecule has 0 saturated carbocycles. The van der Waals surface area contributed by atoms with Gasteiger partial charge in [0.05, 0.1) is 0 Å². The average molecular weight is 172 g/mol. The summed E-state index contributed by atoms with van der Waals surface area (Å²) in [5, 5.41) is 17.2. The molecule has 1 atom stereocenters. The van der Waals surface area contributed by atoms with Gasteiger partial charge in [-0.2, -0.15) is 0 Å². The Morgan fingerprint density at radius 3 is 3.08 bits per heavy atom. The number of aliphatic hydroxyl groups is 2. The Labute approximate surface area is 67.5 Å². The molecule has 0 aliphatic carbocycles. The van der Waals surface area contributed by atoms with E-state index in [4.69, 9.17) is 10.2 Å². The first-order chi connectivity index (χ1) is 5.72. The number of aromatic nitrogens is 2. The Kier molecular flexibility index (Phi) is 2.78. The lowest BCUT2D eigenvalue weighted by Crippen LogP contribution is -2.22. The quantitative estimate of drug-likeness (QED) is 0.480. The SMILES string of the molecule is O=c1nccc(OC(O)CO)[nH]1. The Morgan fingerprint density at radius 2 is 2.50 bits per heavy atom. The van der Waals surface area contributed by atoms with Gasteiger partial charge in [0.25, 0.3) is 0 Å². The van der Waals surface area contributed by atoms with Crippen molar-refractivity contribution in [2.24, 2.45) is 0 Å². The van der Waals surface area contributed by atoms with E-state index in [0.717, 1.165) is 0 Å². The number of rotatable bonds is 3. The molecule has 1 unspecified atom stereocenters. The number of nitrogens with zero attached hydrogens (tertiary/aromatic N) is 1. The van der Waals surface area contributed by atoms with Gasteiger partial charge < -0.3 is 14.9 Å². The molecule has 0 spiro atoms. The fourth-order valence-corrected chi connectivity index (χ4v) is 0.605. The van der Waals surface area contributed by atoms with Gasteiger partial charge in [0.15, 0.2) is 5.88 Å². The lowest BCUT2D eigenvalue weighted by atomic mass is 10.6. The minimum absolute atomic E-state index is 0.0663. The second-order valence-electron chi connectivity index (χ2n) is 1.99. The molecular weight excluding hydrogens is 164 g/mol. The van der Waals surface area contributed by atoms with Crippen LogP contribution in [0.25, 0.3) is 0 Å². The van der Waals surface area contributed by atoms with Crippen LogP contribution in [0.3, 0.4) is 0 Å². The lowest BCUT2D eigenvalue weighted by molar-refractivity contribution is -0.0576. The number of H-pyrrole nitrogens is 1. The van der Waals surface area contributed by atoms with Gasteiger partial charge in [-0.3, -0.25) is 4.98 Å². The van der Waals surface area contributed by atoms with E-state index in [9.17, 15) is 4.79 Å². The number of hydrogen-bond donors (Lipinski definition) is 3. The molecule has 1 rings (SSSR count). The molecule has 6 heteroatoms. The normalized spacial score (nSPS) is 12.5. The Bertz CT molecular complexity index is 298. The van der Waals surface area contributed by atoms with E-state index in [1.165, 1.54) is 12.3 Å². The van der Waals surface area contributed by atoms with Crippen molar-refractivity contribution in [3.63, 3.8) is 0 Å². The van der Waals surface area contributed by atoms with Crippen LogP contribution in [0.4, 0.5) is 0 Å². The second kappa shape index (κ2) is 3.84. The summed E-state index contributed by atoms with van der Waals surface area (Å²) in [7, 11) is 0. The minimum Gasteiger partial charge on any atom is -0.447 e. The maximum atomic E-state index is 10.6. The van der Waals surface area contributed by atoms with Gasteiger partial charge in [-0.15, -0.1) is 0 Å². The molecule has 6 nitrogen and oxygen atoms in total. The number of aromatic amines is 1. The molecule has 0 saturated heterocycles. The van der Waals surface area contributed by atoms with Crippen LogP contribution in [0.2, 0.25) is 0 Å². The van der Waals surface area contributed by atoms with Crippen molar-refractivity contribution in [1.29, 1.82) is 0 Å². The van der Waals surface area contributed by atoms with E-state index >= 15 is 0 Å². The van der Waals surface area contributed by atoms with Crippen molar-refractivity contribution in [2.75, 3.05) is 6.61 Å². The van der Waals surface area contributed by atoms with E-state index in [1.807, 2.05) is 0 Å². The maximum Gasteiger partial charge on any atom is 0.347 e. The summed E-state index contributed by atoms with van der Waals surface area (Å²) in [6.07, 6.45) is -0.0961. The molecule has 1 aromatic heterocycles. The first-order valence-electron chi connectivity index (χ1n) is 3.23. The summed E-state index contributed by atoms with van der Waals surface area (Å²) in [4.78, 5) is 16.1. The van der Waals surface area contributed by atoms with E-state index < -0.39 is 18.6 Å². The van der Waals surface area contributed by atoms with E-state index in [0.29, 0.717) is 0 Å². The molecule has 0 aromatic carbocycles. The van der Waals surface area contributed by atoms with Gasteiger partial charge in [0.2, 0.25) is 6.29 Å². The van der Waals surface area contributed by atoms with Gasteiger partial charge in [0.1, 0.15) is 6.61 Å². The predicted octanol–water partition coefficient (Wildman–Crippen LogP) is -1.54. The first kappa shape index (κ1) is 8.69. The Hall–Kier alpha value is -1.40. The minimum atomic E-state index is -1.33. The van der Waals surface area contributed by atoms with Crippen molar-refractivity contribution in [1.82, 2.24) is 9.97 Å². The first-order valence-corrected chi connectivity index (χ1v) is 3.23. The van der Waals surface area contributed by atoms with Gasteiger partial charge in [-0.25, -0.2) is 9.78 Å². The topological polar surface area (TPSA) is 95.4 Å². The third-order valence-corrected chi connectivity index (χ3v) is 1.07. The summed E-state index contributed by atoms with van der Waals surface area (Å²) in [5.74, 6) is 0.0663. The summed E-state index contributed by atoms with van der Waals surface area (Å²) in [6, 6.07) is 1.36. The molecule has 1 aromatic rings. The summed E-state index contributed by atoms with van der Waals surface area (Å²) in [6.45, 7) is -0.537. The van der Waals surface area contributed by atoms with Gasteiger partial charge in [-0.05, 0) is 0 Å². The Morgan fingerprint density at radius 1 is 1.75 bits per heavy atom. The van der Waals surface area contributed by atoms with Crippen molar-refractivity contribution < 1.29 is 14.9 Å². The van der Waals surface area contributed by atoms with Crippen LogP contribution in [0.5, 0.6) is 5.88 Å². The number of hydrogen-bond acceptors (Lipinski definition) is 5. The molecule has 0 aliphatic heterocycles. The predicted molar refractivity (Wildman–Crippen MR) is 38.6 cm³/mol. The second-order valence-corrected chi connectivity index (χ2v) is 1.99. The molecule has 0 fully saturated rings. The highest BCUT2D eigenvalue weighted by Crippen LogP contribution is 2.01. The molecule has 0 aliphatic rings. The molecule has 0 bridgehead atoms. The number of aliphatic hydroxyl groups excluding tert-OH is 2. The highest BCUT2D eigenvalue weighted by molar-refractivity contribution is 5.04. The summed E-state index contributed by atoms with van der Waals surface area (Å²) < 4.78 is 4.65. The third kappa shape index (κ3) is 2.33. The molecular formula is C6H8N2O4. The van der Waals surface area contributed by atoms with Gasteiger partial charge in [0, 0.05) is 12.3 Å². The largest absolute Gasteiger partial charge is 0.447 e. The molecule has 3 N–H and O–H groups in total. The van der Waals surface area contributed by atoms with Gasteiger partial charge in [-0.1, -0.05) is 0 Å². The zero-order valence-corrected chi connectivity index (χ0v) is 6.10.